The van der Waals surface area contributed by atoms with Gasteiger partial charge in [-0.25, -0.2) is 8.42 Å². The summed E-state index contributed by atoms with van der Waals surface area (Å²) in [4.78, 5) is 1.90. The van der Waals surface area contributed by atoms with Crippen LogP contribution in [0.5, 0.6) is 0 Å². The molecule has 0 unspecified atom stereocenters. The second kappa shape index (κ2) is 7.02. The van der Waals surface area contributed by atoms with Gasteiger partial charge < -0.3 is 9.84 Å². The molecule has 0 aliphatic heterocycles. The van der Waals surface area contributed by atoms with Gasteiger partial charge in [-0.15, -0.1) is 0 Å². The van der Waals surface area contributed by atoms with Gasteiger partial charge >= 0.3 is 0 Å². The van der Waals surface area contributed by atoms with Crippen LogP contribution in [0.25, 0.3) is 0 Å². The van der Waals surface area contributed by atoms with Gasteiger partial charge in [-0.05, 0) is 7.05 Å². The standard InChI is InChI=1S/C12H23N3O3S/c1-10(2)13-8-11-7-12(18-14-11)9-15(3)5-6-19(4,16)17/h7,10,13H,5-6,8-9H2,1-4H3. The van der Waals surface area contributed by atoms with E-state index in [-0.39, 0.29) is 5.75 Å². The van der Waals surface area contributed by atoms with Crippen molar-refractivity contribution in [2.45, 2.75) is 33.0 Å². The minimum atomic E-state index is -2.92. The molecule has 0 amide bonds. The maximum absolute atomic E-state index is 11.1. The Hall–Kier alpha value is -0.920. The van der Waals surface area contributed by atoms with Crippen LogP contribution in [-0.4, -0.2) is 50.1 Å². The molecule has 0 aromatic carbocycles. The third kappa shape index (κ3) is 7.29. The van der Waals surface area contributed by atoms with E-state index in [9.17, 15) is 8.42 Å². The monoisotopic (exact) mass is 289 g/mol. The summed E-state index contributed by atoms with van der Waals surface area (Å²) >= 11 is 0. The molecule has 1 heterocycles. The Morgan fingerprint density at radius 3 is 2.74 bits per heavy atom. The van der Waals surface area contributed by atoms with Gasteiger partial charge in [0.1, 0.15) is 9.84 Å². The molecular weight excluding hydrogens is 266 g/mol. The third-order valence-corrected chi connectivity index (χ3v) is 3.49. The number of sulfone groups is 1. The van der Waals surface area contributed by atoms with Crippen LogP contribution in [0.15, 0.2) is 10.6 Å². The summed E-state index contributed by atoms with van der Waals surface area (Å²) in [6, 6.07) is 2.30. The minimum Gasteiger partial charge on any atom is -0.360 e. The lowest BCUT2D eigenvalue weighted by Crippen LogP contribution is -2.24. The highest BCUT2D eigenvalue weighted by molar-refractivity contribution is 7.90. The first-order chi connectivity index (χ1) is 8.76. The highest BCUT2D eigenvalue weighted by atomic mass is 32.2. The summed E-state index contributed by atoms with van der Waals surface area (Å²) in [6.07, 6.45) is 1.24. The van der Waals surface area contributed by atoms with Gasteiger partial charge in [-0.2, -0.15) is 0 Å². The van der Waals surface area contributed by atoms with E-state index in [1.54, 1.807) is 0 Å². The summed E-state index contributed by atoms with van der Waals surface area (Å²) in [5.41, 5.74) is 0.861. The van der Waals surface area contributed by atoms with Crippen molar-refractivity contribution in [3.05, 3.63) is 17.5 Å². The van der Waals surface area contributed by atoms with Crippen LogP contribution in [0.2, 0.25) is 0 Å². The van der Waals surface area contributed by atoms with Gasteiger partial charge in [0.25, 0.3) is 0 Å². The fraction of sp³-hybridized carbons (Fsp3) is 0.750. The maximum Gasteiger partial charge on any atom is 0.151 e. The number of nitrogens with zero attached hydrogens (tertiary/aromatic N) is 2. The number of aromatic nitrogens is 1. The van der Waals surface area contributed by atoms with Crippen molar-refractivity contribution in [1.82, 2.24) is 15.4 Å². The molecule has 1 aromatic rings. The summed E-state index contributed by atoms with van der Waals surface area (Å²) in [5, 5.41) is 7.23. The minimum absolute atomic E-state index is 0.152. The molecule has 0 aliphatic carbocycles. The SMILES string of the molecule is CC(C)NCc1cc(CN(C)CCS(C)(=O)=O)on1. The molecule has 0 aliphatic rings. The van der Waals surface area contributed by atoms with Crippen molar-refractivity contribution in [1.29, 1.82) is 0 Å². The van der Waals surface area contributed by atoms with E-state index in [0.717, 1.165) is 11.5 Å². The molecular formula is C12H23N3O3S. The van der Waals surface area contributed by atoms with Crippen molar-refractivity contribution >= 4 is 9.84 Å². The van der Waals surface area contributed by atoms with E-state index in [0.29, 0.717) is 25.7 Å². The Morgan fingerprint density at radius 1 is 1.47 bits per heavy atom. The predicted molar refractivity (Wildman–Crippen MR) is 74.5 cm³/mol. The largest absolute Gasteiger partial charge is 0.360 e. The van der Waals surface area contributed by atoms with Gasteiger partial charge in [0, 0.05) is 31.5 Å². The Balaban J connectivity index is 2.40. The molecule has 7 heteroatoms. The van der Waals surface area contributed by atoms with Gasteiger partial charge in [0.2, 0.25) is 0 Å². The Bertz CT molecular complexity index is 482. The second-order valence-corrected chi connectivity index (χ2v) is 7.45. The fourth-order valence-corrected chi connectivity index (χ4v) is 2.13. The molecule has 1 rings (SSSR count). The lowest BCUT2D eigenvalue weighted by atomic mass is 10.3. The number of hydrogen-bond acceptors (Lipinski definition) is 6. The molecule has 19 heavy (non-hydrogen) atoms. The lowest BCUT2D eigenvalue weighted by Gasteiger charge is -2.13. The zero-order valence-electron chi connectivity index (χ0n) is 12.0. The number of nitrogens with one attached hydrogen (secondary N) is 1. The molecule has 0 atom stereocenters. The molecule has 6 nitrogen and oxygen atoms in total. The van der Waals surface area contributed by atoms with Crippen molar-refractivity contribution in [3.8, 4) is 0 Å². The normalized spacial score (nSPS) is 12.5. The van der Waals surface area contributed by atoms with Crippen molar-refractivity contribution in [2.24, 2.45) is 0 Å². The van der Waals surface area contributed by atoms with E-state index >= 15 is 0 Å². The molecule has 0 saturated heterocycles. The van der Waals surface area contributed by atoms with Gasteiger partial charge in [-0.3, -0.25) is 4.90 Å². The van der Waals surface area contributed by atoms with E-state index in [4.69, 9.17) is 4.52 Å². The van der Waals surface area contributed by atoms with Crippen LogP contribution in [0, 0.1) is 0 Å². The molecule has 1 aromatic heterocycles. The van der Waals surface area contributed by atoms with Gasteiger partial charge in [0.15, 0.2) is 5.76 Å². The lowest BCUT2D eigenvalue weighted by molar-refractivity contribution is 0.281. The molecule has 0 spiro atoms. The Labute approximate surface area is 115 Å². The van der Waals surface area contributed by atoms with Crippen LogP contribution in [0.1, 0.15) is 25.3 Å². The van der Waals surface area contributed by atoms with Crippen LogP contribution in [-0.2, 0) is 22.9 Å². The quantitative estimate of drug-likeness (QED) is 0.757. The average molecular weight is 289 g/mol. The van der Waals surface area contributed by atoms with Gasteiger partial charge in [-0.1, -0.05) is 19.0 Å². The summed E-state index contributed by atoms with van der Waals surface area (Å²) in [5.74, 6) is 0.899. The van der Waals surface area contributed by atoms with Crippen LogP contribution in [0.3, 0.4) is 0 Å². The topological polar surface area (TPSA) is 75.4 Å². The summed E-state index contributed by atoms with van der Waals surface area (Å²) in [7, 11) is -1.06. The first-order valence-electron chi connectivity index (χ1n) is 6.30. The van der Waals surface area contributed by atoms with E-state index in [1.165, 1.54) is 6.26 Å². The predicted octanol–water partition coefficient (Wildman–Crippen LogP) is 0.649. The molecule has 0 saturated carbocycles. The first-order valence-corrected chi connectivity index (χ1v) is 8.36. The molecule has 0 radical (unpaired) electrons. The highest BCUT2D eigenvalue weighted by Gasteiger charge is 2.10. The summed E-state index contributed by atoms with van der Waals surface area (Å²) < 4.78 is 27.4. The highest BCUT2D eigenvalue weighted by Crippen LogP contribution is 2.06. The van der Waals surface area contributed by atoms with Crippen LogP contribution in [0.4, 0.5) is 0 Å². The third-order valence-electron chi connectivity index (χ3n) is 2.57. The van der Waals surface area contributed by atoms with E-state index in [2.05, 4.69) is 24.3 Å². The molecule has 1 N–H and O–H groups in total. The maximum atomic E-state index is 11.1. The van der Waals surface area contributed by atoms with Crippen LogP contribution >= 0.6 is 0 Å². The number of rotatable bonds is 8. The molecule has 110 valence electrons. The van der Waals surface area contributed by atoms with Crippen molar-refractivity contribution < 1.29 is 12.9 Å². The first kappa shape index (κ1) is 16.1. The average Bonchev–Trinajstić information content (AvgIpc) is 2.70. The summed E-state index contributed by atoms with van der Waals surface area (Å²) in [6.45, 7) is 5.86. The smallest absolute Gasteiger partial charge is 0.151 e. The van der Waals surface area contributed by atoms with Crippen molar-refractivity contribution in [2.75, 3.05) is 25.6 Å². The Morgan fingerprint density at radius 2 is 2.16 bits per heavy atom. The zero-order chi connectivity index (χ0) is 14.5. The fourth-order valence-electron chi connectivity index (χ4n) is 1.49. The molecule has 0 bridgehead atoms. The van der Waals surface area contributed by atoms with E-state index in [1.807, 2.05) is 18.0 Å². The van der Waals surface area contributed by atoms with Crippen LogP contribution < -0.4 is 5.32 Å². The Kier molecular flexibility index (Phi) is 5.96. The second-order valence-electron chi connectivity index (χ2n) is 5.19. The van der Waals surface area contributed by atoms with Crippen molar-refractivity contribution in [3.63, 3.8) is 0 Å². The zero-order valence-corrected chi connectivity index (χ0v) is 12.8. The van der Waals surface area contributed by atoms with Gasteiger partial charge in [0.05, 0.1) is 18.0 Å². The molecule has 0 fully saturated rings. The number of hydrogen-bond donors (Lipinski definition) is 1. The van der Waals surface area contributed by atoms with E-state index < -0.39 is 9.84 Å².